The van der Waals surface area contributed by atoms with Crippen LogP contribution < -0.4 is 10.6 Å². The van der Waals surface area contributed by atoms with Crippen LogP contribution >= 0.6 is 0 Å². The summed E-state index contributed by atoms with van der Waals surface area (Å²) < 4.78 is 0. The maximum absolute atomic E-state index is 12.5. The van der Waals surface area contributed by atoms with E-state index in [1.165, 1.54) is 0 Å². The predicted molar refractivity (Wildman–Crippen MR) is 110 cm³/mol. The number of nitrogens with zero attached hydrogens (tertiary/aromatic N) is 1. The van der Waals surface area contributed by atoms with Gasteiger partial charge in [-0.15, -0.1) is 0 Å². The lowest BCUT2D eigenvalue weighted by Gasteiger charge is -2.23. The second-order valence-electron chi connectivity index (χ2n) is 7.79. The molecule has 1 aliphatic rings. The Morgan fingerprint density at radius 3 is 2.57 bits per heavy atom. The molecule has 3 amide bonds. The highest BCUT2D eigenvalue weighted by atomic mass is 16.2. The monoisotopic (exact) mass is 387 g/mol. The molecule has 0 aliphatic carbocycles. The maximum atomic E-state index is 12.5. The Hall–Kier alpha value is -2.37. The lowest BCUT2D eigenvalue weighted by molar-refractivity contribution is -0.131. The molecule has 0 saturated carbocycles. The average molecular weight is 388 g/mol. The number of nitrogens with one attached hydrogen (secondary N) is 2. The third-order valence-corrected chi connectivity index (χ3v) is 5.05. The minimum atomic E-state index is -0.559. The van der Waals surface area contributed by atoms with Crippen LogP contribution in [0.1, 0.15) is 51.5 Å². The molecule has 0 radical (unpaired) electrons. The van der Waals surface area contributed by atoms with Crippen LogP contribution in [0.5, 0.6) is 0 Å². The SMILES string of the molecule is CC(C)C(NC(=O)Cc1ccccc1)C(=O)NCCCN1CCCCCC1=O. The molecule has 0 aromatic heterocycles. The molecule has 6 heteroatoms. The van der Waals surface area contributed by atoms with E-state index in [2.05, 4.69) is 10.6 Å². The Bertz CT molecular complexity index is 646. The average Bonchev–Trinajstić information content (AvgIpc) is 2.88. The highest BCUT2D eigenvalue weighted by molar-refractivity contribution is 5.88. The molecule has 2 rings (SSSR count). The lowest BCUT2D eigenvalue weighted by Crippen LogP contribution is -2.50. The lowest BCUT2D eigenvalue weighted by atomic mass is 10.0. The van der Waals surface area contributed by atoms with Crippen LogP contribution in [0.15, 0.2) is 30.3 Å². The molecule has 28 heavy (non-hydrogen) atoms. The van der Waals surface area contributed by atoms with E-state index >= 15 is 0 Å². The Balaban J connectivity index is 1.75. The van der Waals surface area contributed by atoms with Crippen LogP contribution in [0.2, 0.25) is 0 Å². The van der Waals surface area contributed by atoms with Gasteiger partial charge in [-0.1, -0.05) is 50.6 Å². The molecule has 6 nitrogen and oxygen atoms in total. The molecule has 1 aromatic rings. The number of carbonyl (C=O) groups is 3. The summed E-state index contributed by atoms with van der Waals surface area (Å²) in [4.78, 5) is 38.7. The summed E-state index contributed by atoms with van der Waals surface area (Å²) in [5, 5.41) is 5.77. The molecule has 2 N–H and O–H groups in total. The molecular formula is C22H33N3O3. The van der Waals surface area contributed by atoms with Gasteiger partial charge in [0.15, 0.2) is 0 Å². The minimum absolute atomic E-state index is 0.00749. The van der Waals surface area contributed by atoms with Crippen molar-refractivity contribution in [1.29, 1.82) is 0 Å². The number of amides is 3. The first kappa shape index (κ1) is 21.9. The molecule has 1 unspecified atom stereocenters. The van der Waals surface area contributed by atoms with E-state index in [1.807, 2.05) is 49.1 Å². The van der Waals surface area contributed by atoms with Gasteiger partial charge in [0.1, 0.15) is 6.04 Å². The molecule has 1 atom stereocenters. The summed E-state index contributed by atoms with van der Waals surface area (Å²) in [7, 11) is 0. The van der Waals surface area contributed by atoms with Gasteiger partial charge in [0.05, 0.1) is 6.42 Å². The molecule has 1 heterocycles. The second kappa shape index (κ2) is 11.5. The third kappa shape index (κ3) is 7.33. The van der Waals surface area contributed by atoms with Crippen LogP contribution in [0.4, 0.5) is 0 Å². The topological polar surface area (TPSA) is 78.5 Å². The van der Waals surface area contributed by atoms with Gasteiger partial charge in [-0.05, 0) is 30.7 Å². The fourth-order valence-electron chi connectivity index (χ4n) is 3.41. The van der Waals surface area contributed by atoms with E-state index in [9.17, 15) is 14.4 Å². The first-order valence-electron chi connectivity index (χ1n) is 10.4. The van der Waals surface area contributed by atoms with Crippen molar-refractivity contribution in [2.75, 3.05) is 19.6 Å². The number of carbonyl (C=O) groups excluding carboxylic acids is 3. The summed E-state index contributed by atoms with van der Waals surface area (Å²) in [6.45, 7) is 5.83. The van der Waals surface area contributed by atoms with E-state index < -0.39 is 6.04 Å². The van der Waals surface area contributed by atoms with Crippen molar-refractivity contribution in [3.63, 3.8) is 0 Å². The van der Waals surface area contributed by atoms with Gasteiger partial charge in [-0.25, -0.2) is 0 Å². The largest absolute Gasteiger partial charge is 0.354 e. The van der Waals surface area contributed by atoms with Crippen molar-refractivity contribution in [2.24, 2.45) is 5.92 Å². The van der Waals surface area contributed by atoms with Gasteiger partial charge in [-0.2, -0.15) is 0 Å². The third-order valence-electron chi connectivity index (χ3n) is 5.05. The normalized spacial score (nSPS) is 15.8. The van der Waals surface area contributed by atoms with Gasteiger partial charge < -0.3 is 15.5 Å². The van der Waals surface area contributed by atoms with Crippen LogP contribution in [-0.2, 0) is 20.8 Å². The van der Waals surface area contributed by atoms with Gasteiger partial charge in [0.2, 0.25) is 17.7 Å². The number of likely N-dealkylation sites (tertiary alicyclic amines) is 1. The van der Waals surface area contributed by atoms with Gasteiger partial charge in [0, 0.05) is 26.1 Å². The molecule has 1 saturated heterocycles. The second-order valence-corrected chi connectivity index (χ2v) is 7.79. The zero-order chi connectivity index (χ0) is 20.4. The Morgan fingerprint density at radius 1 is 1.11 bits per heavy atom. The van der Waals surface area contributed by atoms with Crippen molar-refractivity contribution in [3.8, 4) is 0 Å². The van der Waals surface area contributed by atoms with E-state index in [4.69, 9.17) is 0 Å². The summed E-state index contributed by atoms with van der Waals surface area (Å²) in [6.07, 6.45) is 4.76. The van der Waals surface area contributed by atoms with E-state index in [0.29, 0.717) is 19.5 Å². The summed E-state index contributed by atoms with van der Waals surface area (Å²) in [6, 6.07) is 8.93. The maximum Gasteiger partial charge on any atom is 0.242 e. The fourth-order valence-corrected chi connectivity index (χ4v) is 3.41. The van der Waals surface area contributed by atoms with Crippen molar-refractivity contribution in [3.05, 3.63) is 35.9 Å². The fraction of sp³-hybridized carbons (Fsp3) is 0.591. The van der Waals surface area contributed by atoms with Crippen molar-refractivity contribution >= 4 is 17.7 Å². The zero-order valence-corrected chi connectivity index (χ0v) is 17.1. The summed E-state index contributed by atoms with van der Waals surface area (Å²) in [5.74, 6) is -0.113. The highest BCUT2D eigenvalue weighted by Gasteiger charge is 2.24. The molecule has 154 valence electrons. The Kier molecular flexibility index (Phi) is 8.98. The number of benzene rings is 1. The Labute approximate surface area is 168 Å². The van der Waals surface area contributed by atoms with Crippen LogP contribution in [0.25, 0.3) is 0 Å². The number of rotatable bonds is 9. The summed E-state index contributed by atoms with van der Waals surface area (Å²) in [5.41, 5.74) is 0.921. The zero-order valence-electron chi connectivity index (χ0n) is 17.1. The molecular weight excluding hydrogens is 354 g/mol. The minimum Gasteiger partial charge on any atom is -0.354 e. The van der Waals surface area contributed by atoms with Crippen molar-refractivity contribution in [2.45, 2.75) is 58.4 Å². The first-order valence-corrected chi connectivity index (χ1v) is 10.4. The highest BCUT2D eigenvalue weighted by Crippen LogP contribution is 2.11. The first-order chi connectivity index (χ1) is 13.5. The van der Waals surface area contributed by atoms with E-state index in [0.717, 1.165) is 37.8 Å². The van der Waals surface area contributed by atoms with Gasteiger partial charge in [-0.3, -0.25) is 14.4 Å². The summed E-state index contributed by atoms with van der Waals surface area (Å²) >= 11 is 0. The Morgan fingerprint density at radius 2 is 1.86 bits per heavy atom. The number of hydrogen-bond acceptors (Lipinski definition) is 3. The van der Waals surface area contributed by atoms with Crippen LogP contribution in [-0.4, -0.2) is 48.3 Å². The molecule has 0 bridgehead atoms. The quantitative estimate of drug-likeness (QED) is 0.638. The van der Waals surface area contributed by atoms with Gasteiger partial charge >= 0.3 is 0 Å². The molecule has 1 aliphatic heterocycles. The smallest absolute Gasteiger partial charge is 0.242 e. The predicted octanol–water partition coefficient (Wildman–Crippen LogP) is 2.28. The van der Waals surface area contributed by atoms with E-state index in [1.54, 1.807) is 0 Å². The molecule has 0 spiro atoms. The molecule has 1 fully saturated rings. The number of hydrogen-bond donors (Lipinski definition) is 2. The van der Waals surface area contributed by atoms with Crippen molar-refractivity contribution < 1.29 is 14.4 Å². The van der Waals surface area contributed by atoms with E-state index in [-0.39, 0.29) is 30.1 Å². The molecule has 1 aromatic carbocycles. The van der Waals surface area contributed by atoms with Crippen LogP contribution in [0.3, 0.4) is 0 Å². The van der Waals surface area contributed by atoms with Crippen molar-refractivity contribution in [1.82, 2.24) is 15.5 Å². The van der Waals surface area contributed by atoms with Crippen LogP contribution in [0, 0.1) is 5.92 Å². The van der Waals surface area contributed by atoms with Gasteiger partial charge in [0.25, 0.3) is 0 Å². The standard InChI is InChI=1S/C22H33N3O3/c1-17(2)21(24-19(26)16-18-10-5-3-6-11-18)22(28)23-13-9-15-25-14-8-4-7-12-20(25)27/h3,5-6,10-11,17,21H,4,7-9,12-16H2,1-2H3,(H,23,28)(H,24,26).